The molecule has 0 saturated heterocycles. The Morgan fingerprint density at radius 2 is 2.00 bits per heavy atom. The summed E-state index contributed by atoms with van der Waals surface area (Å²) in [6, 6.07) is 9.84. The molecule has 3 rings (SSSR count). The second-order valence-corrected chi connectivity index (χ2v) is 7.57. The summed E-state index contributed by atoms with van der Waals surface area (Å²) in [5.41, 5.74) is 3.03. The van der Waals surface area contributed by atoms with Crippen molar-refractivity contribution in [3.8, 4) is 11.4 Å². The lowest BCUT2D eigenvalue weighted by Gasteiger charge is -2.05. The number of hydrogen-bond donors (Lipinski definition) is 1. The molecule has 1 amide bonds. The summed E-state index contributed by atoms with van der Waals surface area (Å²) in [5, 5.41) is 14.1. The van der Waals surface area contributed by atoms with Crippen molar-refractivity contribution < 1.29 is 4.79 Å². The molecule has 0 spiro atoms. The van der Waals surface area contributed by atoms with E-state index in [9.17, 15) is 4.79 Å². The summed E-state index contributed by atoms with van der Waals surface area (Å²) in [7, 11) is 1.92. The zero-order valence-electron chi connectivity index (χ0n) is 13.7. The second kappa shape index (κ2) is 7.19. The van der Waals surface area contributed by atoms with Crippen LogP contribution in [0.3, 0.4) is 0 Å². The highest BCUT2D eigenvalue weighted by Gasteiger charge is 2.13. The first-order valence-electron chi connectivity index (χ1n) is 7.47. The predicted octanol–water partition coefficient (Wildman–Crippen LogP) is 3.89. The monoisotopic (exact) mass is 358 g/mol. The van der Waals surface area contributed by atoms with E-state index < -0.39 is 0 Å². The number of amides is 1. The van der Waals surface area contributed by atoms with Crippen LogP contribution >= 0.6 is 23.1 Å². The van der Waals surface area contributed by atoms with Crippen LogP contribution in [0.25, 0.3) is 11.4 Å². The Morgan fingerprint density at radius 1 is 1.25 bits per heavy atom. The van der Waals surface area contributed by atoms with Gasteiger partial charge in [0.05, 0.1) is 5.75 Å². The lowest BCUT2D eigenvalue weighted by atomic mass is 10.2. The predicted molar refractivity (Wildman–Crippen MR) is 99.6 cm³/mol. The van der Waals surface area contributed by atoms with E-state index in [-0.39, 0.29) is 5.91 Å². The van der Waals surface area contributed by atoms with Crippen LogP contribution in [0.15, 0.2) is 40.9 Å². The first kappa shape index (κ1) is 16.7. The van der Waals surface area contributed by atoms with Gasteiger partial charge in [0.2, 0.25) is 5.91 Å². The van der Waals surface area contributed by atoms with Gasteiger partial charge < -0.3 is 9.88 Å². The molecule has 0 aliphatic heterocycles. The highest BCUT2D eigenvalue weighted by atomic mass is 32.2. The number of hydrogen-bond acceptors (Lipinski definition) is 5. The number of benzene rings is 1. The third-order valence-electron chi connectivity index (χ3n) is 3.49. The molecule has 1 N–H and O–H groups in total. The average molecular weight is 358 g/mol. The van der Waals surface area contributed by atoms with E-state index in [2.05, 4.69) is 33.9 Å². The Bertz CT molecular complexity index is 852. The van der Waals surface area contributed by atoms with Crippen LogP contribution in [0.1, 0.15) is 10.4 Å². The fourth-order valence-electron chi connectivity index (χ4n) is 2.22. The van der Waals surface area contributed by atoms with Crippen LogP contribution in [0.5, 0.6) is 0 Å². The molecule has 3 aromatic rings. The minimum atomic E-state index is -0.0558. The van der Waals surface area contributed by atoms with Crippen molar-refractivity contribution in [3.63, 3.8) is 0 Å². The van der Waals surface area contributed by atoms with Gasteiger partial charge in [0.15, 0.2) is 11.0 Å². The van der Waals surface area contributed by atoms with Gasteiger partial charge in [-0.3, -0.25) is 4.79 Å². The van der Waals surface area contributed by atoms with Gasteiger partial charge in [0.1, 0.15) is 0 Å². The molecule has 0 aliphatic carbocycles. The Morgan fingerprint density at radius 3 is 2.67 bits per heavy atom. The van der Waals surface area contributed by atoms with Crippen LogP contribution in [0.4, 0.5) is 5.69 Å². The first-order chi connectivity index (χ1) is 11.5. The number of thioether (sulfide) groups is 1. The number of nitrogens with zero attached hydrogens (tertiary/aromatic N) is 3. The summed E-state index contributed by atoms with van der Waals surface area (Å²) in [6.45, 7) is 4.08. The van der Waals surface area contributed by atoms with E-state index >= 15 is 0 Å². The number of aromatic nitrogens is 3. The Hall–Kier alpha value is -2.12. The average Bonchev–Trinajstić information content (AvgIpc) is 3.13. The quantitative estimate of drug-likeness (QED) is 0.703. The van der Waals surface area contributed by atoms with E-state index in [1.165, 1.54) is 16.6 Å². The molecule has 7 heteroatoms. The van der Waals surface area contributed by atoms with Gasteiger partial charge in [0, 0.05) is 28.6 Å². The Kier molecular flexibility index (Phi) is 5.01. The molecule has 0 bridgehead atoms. The standard InChI is InChI=1S/C17H18N4OS2/c1-11-4-6-14(7-5-11)18-15(22)10-24-17-20-19-16(21(17)3)13-8-12(2)23-9-13/h4-9H,10H2,1-3H3,(H,18,22). The lowest BCUT2D eigenvalue weighted by Crippen LogP contribution is -2.14. The Labute approximate surface area is 149 Å². The maximum Gasteiger partial charge on any atom is 0.234 e. The molecule has 0 atom stereocenters. The molecule has 0 unspecified atom stereocenters. The molecule has 2 heterocycles. The molecular weight excluding hydrogens is 340 g/mol. The summed E-state index contributed by atoms with van der Waals surface area (Å²) in [4.78, 5) is 13.3. The van der Waals surface area contributed by atoms with Crippen molar-refractivity contribution in [1.82, 2.24) is 14.8 Å². The normalized spacial score (nSPS) is 10.8. The van der Waals surface area contributed by atoms with E-state index in [1.807, 2.05) is 42.8 Å². The zero-order valence-corrected chi connectivity index (χ0v) is 15.4. The number of aryl methyl sites for hydroxylation is 2. The summed E-state index contributed by atoms with van der Waals surface area (Å²) in [5.74, 6) is 1.06. The van der Waals surface area contributed by atoms with Crippen molar-refractivity contribution in [3.05, 3.63) is 46.2 Å². The molecule has 0 aliphatic rings. The number of nitrogens with one attached hydrogen (secondary N) is 1. The topological polar surface area (TPSA) is 59.8 Å². The molecular formula is C17H18N4OS2. The lowest BCUT2D eigenvalue weighted by molar-refractivity contribution is -0.113. The van der Waals surface area contributed by atoms with Gasteiger partial charge in [0.25, 0.3) is 0 Å². The molecule has 24 heavy (non-hydrogen) atoms. The Balaban J connectivity index is 1.61. The number of carbonyl (C=O) groups excluding carboxylic acids is 1. The highest BCUT2D eigenvalue weighted by molar-refractivity contribution is 7.99. The number of carbonyl (C=O) groups is 1. The van der Waals surface area contributed by atoms with E-state index in [1.54, 1.807) is 11.3 Å². The van der Waals surface area contributed by atoms with Gasteiger partial charge in [-0.15, -0.1) is 21.5 Å². The number of anilines is 1. The summed E-state index contributed by atoms with van der Waals surface area (Å²) in [6.07, 6.45) is 0. The minimum Gasteiger partial charge on any atom is -0.325 e. The smallest absolute Gasteiger partial charge is 0.234 e. The van der Waals surface area contributed by atoms with Crippen molar-refractivity contribution in [2.24, 2.45) is 7.05 Å². The van der Waals surface area contributed by atoms with E-state index in [0.29, 0.717) is 5.75 Å². The van der Waals surface area contributed by atoms with Crippen LogP contribution in [0, 0.1) is 13.8 Å². The third-order valence-corrected chi connectivity index (χ3v) is 5.37. The zero-order chi connectivity index (χ0) is 17.1. The molecule has 0 radical (unpaired) electrons. The van der Waals surface area contributed by atoms with Crippen LogP contribution in [-0.4, -0.2) is 26.4 Å². The van der Waals surface area contributed by atoms with Crippen LogP contribution < -0.4 is 5.32 Å². The molecule has 124 valence electrons. The van der Waals surface area contributed by atoms with Crippen molar-refractivity contribution in [2.45, 2.75) is 19.0 Å². The van der Waals surface area contributed by atoms with Crippen molar-refractivity contribution >= 4 is 34.7 Å². The van der Waals surface area contributed by atoms with Gasteiger partial charge in [-0.25, -0.2) is 0 Å². The van der Waals surface area contributed by atoms with E-state index in [0.717, 1.165) is 27.8 Å². The minimum absolute atomic E-state index is 0.0558. The van der Waals surface area contributed by atoms with Gasteiger partial charge in [-0.2, -0.15) is 0 Å². The maximum absolute atomic E-state index is 12.1. The highest BCUT2D eigenvalue weighted by Crippen LogP contribution is 2.26. The number of thiophene rings is 1. The molecule has 0 fully saturated rings. The fraction of sp³-hybridized carbons (Fsp3) is 0.235. The number of rotatable bonds is 5. The fourth-order valence-corrected chi connectivity index (χ4v) is 3.61. The summed E-state index contributed by atoms with van der Waals surface area (Å²) < 4.78 is 1.92. The molecule has 1 aromatic carbocycles. The maximum atomic E-state index is 12.1. The third kappa shape index (κ3) is 3.85. The van der Waals surface area contributed by atoms with Crippen LogP contribution in [0.2, 0.25) is 0 Å². The van der Waals surface area contributed by atoms with E-state index in [4.69, 9.17) is 0 Å². The van der Waals surface area contributed by atoms with Gasteiger partial charge in [-0.05, 0) is 32.0 Å². The van der Waals surface area contributed by atoms with Crippen molar-refractivity contribution in [1.29, 1.82) is 0 Å². The first-order valence-corrected chi connectivity index (χ1v) is 9.33. The molecule has 0 saturated carbocycles. The van der Waals surface area contributed by atoms with Gasteiger partial charge >= 0.3 is 0 Å². The molecule has 5 nitrogen and oxygen atoms in total. The van der Waals surface area contributed by atoms with Crippen molar-refractivity contribution in [2.75, 3.05) is 11.1 Å². The summed E-state index contributed by atoms with van der Waals surface area (Å²) >= 11 is 3.07. The second-order valence-electron chi connectivity index (χ2n) is 5.51. The largest absolute Gasteiger partial charge is 0.325 e. The molecule has 2 aromatic heterocycles. The van der Waals surface area contributed by atoms with Crippen LogP contribution in [-0.2, 0) is 11.8 Å². The SMILES string of the molecule is Cc1ccc(NC(=O)CSc2nnc(-c3csc(C)c3)n2C)cc1. The van der Waals surface area contributed by atoms with Gasteiger partial charge in [-0.1, -0.05) is 29.5 Å².